The molecule has 2 aromatic rings. The van der Waals surface area contributed by atoms with E-state index in [2.05, 4.69) is 0 Å². The van der Waals surface area contributed by atoms with Crippen molar-refractivity contribution in [3.63, 3.8) is 0 Å². The fourth-order valence-corrected chi connectivity index (χ4v) is 4.37. The number of piperazine rings is 1. The Morgan fingerprint density at radius 3 is 2.45 bits per heavy atom. The fourth-order valence-electron chi connectivity index (χ4n) is 3.55. The molecule has 0 radical (unpaired) electrons. The smallest absolute Gasteiger partial charge is 0.246 e. The summed E-state index contributed by atoms with van der Waals surface area (Å²) in [6.45, 7) is 9.65. The Morgan fingerprint density at radius 2 is 1.86 bits per heavy atom. The average molecular weight is 421 g/mol. The Kier molecular flexibility index (Phi) is 6.05. The highest BCUT2D eigenvalue weighted by Crippen LogP contribution is 2.35. The number of nitrogens with zero attached hydrogens (tertiary/aromatic N) is 2. The molecule has 1 aliphatic rings. The highest BCUT2D eigenvalue weighted by molar-refractivity contribution is 7.88. The number of amides is 1. The molecule has 0 aliphatic carbocycles. The molecule has 1 aromatic heterocycles. The molecule has 8 heteroatoms. The Hall–Kier alpha value is -2.32. The van der Waals surface area contributed by atoms with E-state index < -0.39 is 10.0 Å². The second-order valence-electron chi connectivity index (χ2n) is 7.38. The molecule has 1 saturated heterocycles. The zero-order chi connectivity index (χ0) is 21.3. The molecule has 2 heterocycles. The van der Waals surface area contributed by atoms with Gasteiger partial charge in [0.1, 0.15) is 17.1 Å². The van der Waals surface area contributed by atoms with Gasteiger partial charge in [0.05, 0.1) is 12.9 Å². The first-order valence-electron chi connectivity index (χ1n) is 9.71. The van der Waals surface area contributed by atoms with Gasteiger partial charge >= 0.3 is 0 Å². The number of hydrogen-bond donors (Lipinski definition) is 0. The van der Waals surface area contributed by atoms with E-state index in [0.29, 0.717) is 38.5 Å². The van der Waals surface area contributed by atoms with Crippen LogP contribution in [0.2, 0.25) is 0 Å². The van der Waals surface area contributed by atoms with Crippen LogP contribution < -0.4 is 4.74 Å². The Morgan fingerprint density at radius 1 is 1.21 bits per heavy atom. The molecular formula is C21H28N2O5S. The summed E-state index contributed by atoms with van der Waals surface area (Å²) < 4.78 is 36.3. The number of carbonyl (C=O) groups is 1. The average Bonchev–Trinajstić information content (AvgIpc) is 2.94. The van der Waals surface area contributed by atoms with Gasteiger partial charge in [-0.25, -0.2) is 8.42 Å². The highest BCUT2D eigenvalue weighted by Gasteiger charge is 2.25. The summed E-state index contributed by atoms with van der Waals surface area (Å²) in [6, 6.07) is 3.88. The van der Waals surface area contributed by atoms with Gasteiger partial charge in [0.15, 0.2) is 0 Å². The molecule has 3 rings (SSSR count). The number of fused-ring (bicyclic) bond motifs is 1. The van der Waals surface area contributed by atoms with Gasteiger partial charge in [-0.1, -0.05) is 0 Å². The maximum absolute atomic E-state index is 12.8. The first-order valence-corrected chi connectivity index (χ1v) is 11.6. The van der Waals surface area contributed by atoms with Crippen molar-refractivity contribution in [1.29, 1.82) is 0 Å². The third-order valence-corrected chi connectivity index (χ3v) is 6.66. The lowest BCUT2D eigenvalue weighted by Gasteiger charge is -2.32. The van der Waals surface area contributed by atoms with Crippen molar-refractivity contribution in [1.82, 2.24) is 9.21 Å². The molecule has 7 nitrogen and oxygen atoms in total. The van der Waals surface area contributed by atoms with Gasteiger partial charge in [-0.2, -0.15) is 4.31 Å². The zero-order valence-corrected chi connectivity index (χ0v) is 18.4. The van der Waals surface area contributed by atoms with E-state index in [-0.39, 0.29) is 5.91 Å². The van der Waals surface area contributed by atoms with E-state index >= 15 is 0 Å². The molecule has 1 aromatic carbocycles. The second kappa shape index (κ2) is 8.20. The van der Waals surface area contributed by atoms with Crippen LogP contribution in [0.25, 0.3) is 16.5 Å². The number of hydrogen-bond acceptors (Lipinski definition) is 5. The molecule has 0 atom stereocenters. The van der Waals surface area contributed by atoms with Crippen LogP contribution in [-0.2, 0) is 14.8 Å². The molecule has 29 heavy (non-hydrogen) atoms. The van der Waals surface area contributed by atoms with Gasteiger partial charge < -0.3 is 14.1 Å². The van der Waals surface area contributed by atoms with Crippen LogP contribution >= 0.6 is 0 Å². The maximum atomic E-state index is 12.8. The Labute approximate surface area is 172 Å². The Balaban J connectivity index is 1.87. The first kappa shape index (κ1) is 21.4. The Bertz CT molecular complexity index is 1060. The highest BCUT2D eigenvalue weighted by atomic mass is 32.2. The van der Waals surface area contributed by atoms with E-state index in [9.17, 15) is 13.2 Å². The fraction of sp³-hybridized carbons (Fsp3) is 0.476. The molecule has 0 N–H and O–H groups in total. The quantitative estimate of drug-likeness (QED) is 0.695. The predicted octanol–water partition coefficient (Wildman–Crippen LogP) is 2.96. The minimum Gasteiger partial charge on any atom is -0.493 e. The van der Waals surface area contributed by atoms with Gasteiger partial charge in [0, 0.05) is 49.3 Å². The summed E-state index contributed by atoms with van der Waals surface area (Å²) in [5.41, 5.74) is 3.49. The van der Waals surface area contributed by atoms with Gasteiger partial charge in [-0.15, -0.1) is 0 Å². The summed E-state index contributed by atoms with van der Waals surface area (Å²) in [5, 5.41) is 1.00. The summed E-state index contributed by atoms with van der Waals surface area (Å²) in [6.07, 6.45) is 2.79. The maximum Gasteiger partial charge on any atom is 0.246 e. The van der Waals surface area contributed by atoms with Crippen molar-refractivity contribution in [2.24, 2.45) is 0 Å². The lowest BCUT2D eigenvalue weighted by Crippen LogP contribution is -2.49. The van der Waals surface area contributed by atoms with Gasteiger partial charge in [0.2, 0.25) is 15.9 Å². The molecule has 0 saturated carbocycles. The molecule has 1 fully saturated rings. The molecular weight excluding hydrogens is 392 g/mol. The largest absolute Gasteiger partial charge is 0.493 e. The number of furan rings is 1. The van der Waals surface area contributed by atoms with Gasteiger partial charge in [-0.3, -0.25) is 4.79 Å². The third kappa shape index (κ3) is 4.48. The molecule has 1 amide bonds. The van der Waals surface area contributed by atoms with Crippen molar-refractivity contribution < 1.29 is 22.4 Å². The second-order valence-corrected chi connectivity index (χ2v) is 9.36. The van der Waals surface area contributed by atoms with Crippen molar-refractivity contribution in [2.45, 2.75) is 27.7 Å². The van der Waals surface area contributed by atoms with E-state index in [1.807, 2.05) is 39.8 Å². The summed E-state index contributed by atoms with van der Waals surface area (Å²) in [4.78, 5) is 14.4. The SMILES string of the molecule is CCOc1cc2oc(C)c(C)c2cc1/C(C)=C/C(=O)N1CCN(S(C)(=O)=O)CC1. The topological polar surface area (TPSA) is 80.1 Å². The number of carbonyl (C=O) groups excluding carboxylic acids is 1. The third-order valence-electron chi connectivity index (χ3n) is 5.36. The van der Waals surface area contributed by atoms with E-state index in [4.69, 9.17) is 9.15 Å². The monoisotopic (exact) mass is 420 g/mol. The predicted molar refractivity (Wildman–Crippen MR) is 114 cm³/mol. The zero-order valence-electron chi connectivity index (χ0n) is 17.6. The van der Waals surface area contributed by atoms with Crippen molar-refractivity contribution in [3.05, 3.63) is 35.1 Å². The number of allylic oxidation sites excluding steroid dienone is 1. The molecule has 0 spiro atoms. The van der Waals surface area contributed by atoms with Crippen LogP contribution in [-0.4, -0.2) is 62.6 Å². The standard InChI is InChI=1S/C21H28N2O5S/c1-6-27-19-13-20-18(15(3)16(4)28-20)12-17(19)14(2)11-21(24)22-7-9-23(10-8-22)29(5,25)26/h11-13H,6-10H2,1-5H3/b14-11+. The van der Waals surface area contributed by atoms with Crippen molar-refractivity contribution in [2.75, 3.05) is 39.0 Å². The molecule has 158 valence electrons. The number of sulfonamides is 1. The van der Waals surface area contributed by atoms with Gasteiger partial charge in [0.25, 0.3) is 0 Å². The molecule has 1 aliphatic heterocycles. The minimum atomic E-state index is -3.22. The first-order chi connectivity index (χ1) is 13.6. The van der Waals surface area contributed by atoms with Crippen LogP contribution in [0.4, 0.5) is 0 Å². The number of aryl methyl sites for hydroxylation is 2. The number of ether oxygens (including phenoxy) is 1. The lowest BCUT2D eigenvalue weighted by atomic mass is 10.0. The summed E-state index contributed by atoms with van der Waals surface area (Å²) in [5.74, 6) is 1.41. The van der Waals surface area contributed by atoms with Crippen molar-refractivity contribution in [3.8, 4) is 5.75 Å². The molecule has 0 bridgehead atoms. The van der Waals surface area contributed by atoms with Crippen LogP contribution in [0.3, 0.4) is 0 Å². The minimum absolute atomic E-state index is 0.127. The van der Waals surface area contributed by atoms with E-state index in [1.54, 1.807) is 11.0 Å². The molecule has 0 unspecified atom stereocenters. The van der Waals surface area contributed by atoms with Gasteiger partial charge in [-0.05, 0) is 44.9 Å². The van der Waals surface area contributed by atoms with E-state index in [1.165, 1.54) is 10.6 Å². The van der Waals surface area contributed by atoms with Crippen molar-refractivity contribution >= 4 is 32.5 Å². The van der Waals surface area contributed by atoms with Crippen LogP contribution in [0.5, 0.6) is 5.75 Å². The van der Waals surface area contributed by atoms with E-state index in [0.717, 1.165) is 33.4 Å². The lowest BCUT2D eigenvalue weighted by molar-refractivity contribution is -0.127. The summed E-state index contributed by atoms with van der Waals surface area (Å²) in [7, 11) is -3.22. The van der Waals surface area contributed by atoms with Crippen LogP contribution in [0.15, 0.2) is 22.6 Å². The number of rotatable bonds is 5. The van der Waals surface area contributed by atoms with Crippen LogP contribution in [0, 0.1) is 13.8 Å². The van der Waals surface area contributed by atoms with Crippen LogP contribution in [0.1, 0.15) is 30.7 Å². The summed E-state index contributed by atoms with van der Waals surface area (Å²) >= 11 is 0. The number of benzene rings is 1. The normalized spacial score (nSPS) is 16.4.